The molecule has 0 saturated heterocycles. The number of hydrogen-bond donors (Lipinski definition) is 2. The number of nitrogen functional groups attached to an aromatic ring is 1. The first kappa shape index (κ1) is 25.0. The van der Waals surface area contributed by atoms with Gasteiger partial charge < -0.3 is 24.9 Å². The molecule has 38 heavy (non-hydrogen) atoms. The van der Waals surface area contributed by atoms with E-state index in [1.54, 1.807) is 12.4 Å². The number of halogens is 3. The molecule has 0 bridgehead atoms. The molecule has 3 N–H and O–H groups in total. The third-order valence-corrected chi connectivity index (χ3v) is 8.35. The highest BCUT2D eigenvalue weighted by Crippen LogP contribution is 2.40. The minimum atomic E-state index is -4.70. The number of H-pyrrole nitrogens is 1. The average Bonchev–Trinajstić information content (AvgIpc) is 3.55. The largest absolute Gasteiger partial charge is 0.573 e. The van der Waals surface area contributed by atoms with E-state index in [0.29, 0.717) is 40.8 Å². The van der Waals surface area contributed by atoms with Crippen LogP contribution in [0.4, 0.5) is 19.0 Å². The lowest BCUT2D eigenvalue weighted by Crippen LogP contribution is -2.44. The predicted octanol–water partition coefficient (Wildman–Crippen LogP) is 5.47. The van der Waals surface area contributed by atoms with Gasteiger partial charge >= 0.3 is 6.36 Å². The van der Waals surface area contributed by atoms with Gasteiger partial charge in [0, 0.05) is 37.3 Å². The monoisotopic (exact) mass is 527 g/mol. The van der Waals surface area contributed by atoms with Gasteiger partial charge in [-0.25, -0.2) is 15.0 Å². The third-order valence-electron chi connectivity index (χ3n) is 8.35. The van der Waals surface area contributed by atoms with Crippen LogP contribution >= 0.6 is 0 Å². The first-order valence-electron chi connectivity index (χ1n) is 13.2. The number of rotatable bonds is 8. The van der Waals surface area contributed by atoms with Crippen molar-refractivity contribution in [1.29, 1.82) is 0 Å². The molecule has 202 valence electrons. The molecule has 3 heterocycles. The molecule has 2 aliphatic rings. The van der Waals surface area contributed by atoms with Crippen LogP contribution in [0.3, 0.4) is 0 Å². The molecule has 0 spiro atoms. The van der Waals surface area contributed by atoms with Gasteiger partial charge in [0.25, 0.3) is 0 Å². The SMILES string of the molecule is CN(C[C@@H]1CC[C@@H](n2ccc3c(N)ncnc32)C1)C1CC(CCc2nc3ccc(OC(F)(F)F)cc3[nH]2)C1. The molecule has 2 saturated carbocycles. The molecule has 2 atom stereocenters. The Kier molecular flexibility index (Phi) is 6.41. The van der Waals surface area contributed by atoms with Gasteiger partial charge in [0.1, 0.15) is 29.4 Å². The van der Waals surface area contributed by atoms with Gasteiger partial charge in [0.05, 0.1) is 16.4 Å². The van der Waals surface area contributed by atoms with Gasteiger partial charge in [0.2, 0.25) is 0 Å². The molecule has 0 unspecified atom stereocenters. The molecule has 3 aromatic heterocycles. The standard InChI is InChI=1S/C27H32F3N7O/c1-36(14-17-2-4-18(12-17)37-9-8-21-25(31)32-15-33-26(21)37)19-10-16(11-19)3-7-24-34-22-6-5-20(13-23(22)35-24)38-27(28,29)30/h5-6,8-9,13,15-19H,2-4,7,10-12,14H2,1H3,(H,34,35)(H2,31,32,33)/t16?,17-,18-,19?/m1/s1. The maximum atomic E-state index is 12.5. The van der Waals surface area contributed by atoms with Crippen molar-refractivity contribution in [2.75, 3.05) is 19.3 Å². The minimum absolute atomic E-state index is 0.237. The van der Waals surface area contributed by atoms with Crippen molar-refractivity contribution >= 4 is 27.9 Å². The summed E-state index contributed by atoms with van der Waals surface area (Å²) in [5, 5.41) is 0.927. The number of imidazole rings is 1. The Labute approximate surface area is 218 Å². The molecule has 8 nitrogen and oxygen atoms in total. The van der Waals surface area contributed by atoms with E-state index in [0.717, 1.165) is 49.1 Å². The number of hydrogen-bond acceptors (Lipinski definition) is 6. The highest BCUT2D eigenvalue weighted by molar-refractivity contribution is 5.86. The smallest absolute Gasteiger partial charge is 0.406 e. The quantitative estimate of drug-likeness (QED) is 0.315. The predicted molar refractivity (Wildman–Crippen MR) is 139 cm³/mol. The van der Waals surface area contributed by atoms with Gasteiger partial charge in [-0.15, -0.1) is 13.2 Å². The number of fused-ring (bicyclic) bond motifs is 2. The van der Waals surface area contributed by atoms with Crippen LogP contribution in [0, 0.1) is 11.8 Å². The number of benzene rings is 1. The van der Waals surface area contributed by atoms with E-state index in [-0.39, 0.29) is 5.75 Å². The van der Waals surface area contributed by atoms with Gasteiger partial charge in [-0.1, -0.05) is 0 Å². The van der Waals surface area contributed by atoms with Crippen molar-refractivity contribution in [3.8, 4) is 5.75 Å². The molecule has 1 aromatic carbocycles. The van der Waals surface area contributed by atoms with Crippen molar-refractivity contribution in [2.45, 2.75) is 63.4 Å². The van der Waals surface area contributed by atoms with Crippen molar-refractivity contribution in [2.24, 2.45) is 11.8 Å². The van der Waals surface area contributed by atoms with E-state index in [2.05, 4.69) is 47.4 Å². The summed E-state index contributed by atoms with van der Waals surface area (Å²) in [6, 6.07) is 7.28. The van der Waals surface area contributed by atoms with Crippen LogP contribution < -0.4 is 10.5 Å². The van der Waals surface area contributed by atoms with Crippen molar-refractivity contribution in [3.05, 3.63) is 42.6 Å². The molecule has 11 heteroatoms. The Balaban J connectivity index is 0.961. The van der Waals surface area contributed by atoms with E-state index < -0.39 is 6.36 Å². The number of aromatic amines is 1. The second kappa shape index (κ2) is 9.76. The van der Waals surface area contributed by atoms with E-state index >= 15 is 0 Å². The van der Waals surface area contributed by atoms with Crippen molar-refractivity contribution in [3.63, 3.8) is 0 Å². The van der Waals surface area contributed by atoms with Crippen LogP contribution in [-0.4, -0.2) is 55.4 Å². The number of anilines is 1. The number of nitrogens with zero attached hydrogens (tertiary/aromatic N) is 5. The number of alkyl halides is 3. The van der Waals surface area contributed by atoms with Gasteiger partial charge in [-0.2, -0.15) is 0 Å². The fourth-order valence-corrected chi connectivity index (χ4v) is 6.30. The normalized spacial score (nSPS) is 23.9. The Bertz CT molecular complexity index is 1430. The highest BCUT2D eigenvalue weighted by atomic mass is 19.4. The summed E-state index contributed by atoms with van der Waals surface area (Å²) < 4.78 is 43.7. The van der Waals surface area contributed by atoms with E-state index in [1.807, 2.05) is 6.07 Å². The van der Waals surface area contributed by atoms with Gasteiger partial charge in [-0.05, 0) is 75.6 Å². The fourth-order valence-electron chi connectivity index (χ4n) is 6.30. The van der Waals surface area contributed by atoms with Crippen LogP contribution in [0.25, 0.3) is 22.1 Å². The maximum absolute atomic E-state index is 12.5. The first-order valence-corrected chi connectivity index (χ1v) is 13.2. The zero-order valence-corrected chi connectivity index (χ0v) is 21.3. The second-order valence-corrected chi connectivity index (χ2v) is 10.9. The number of aromatic nitrogens is 5. The van der Waals surface area contributed by atoms with Crippen molar-refractivity contribution in [1.82, 2.24) is 29.4 Å². The van der Waals surface area contributed by atoms with Gasteiger partial charge in [0.15, 0.2) is 0 Å². The molecule has 0 aliphatic heterocycles. The number of nitrogens with two attached hydrogens (primary N) is 1. The van der Waals surface area contributed by atoms with Crippen LogP contribution in [0.15, 0.2) is 36.8 Å². The second-order valence-electron chi connectivity index (χ2n) is 10.9. The number of aryl methyl sites for hydroxylation is 1. The molecule has 6 rings (SSSR count). The average molecular weight is 528 g/mol. The van der Waals surface area contributed by atoms with Crippen LogP contribution in [0.2, 0.25) is 0 Å². The summed E-state index contributed by atoms with van der Waals surface area (Å²) in [6.45, 7) is 1.11. The number of ether oxygens (including phenoxy) is 1. The minimum Gasteiger partial charge on any atom is -0.406 e. The fraction of sp³-hybridized carbons (Fsp3) is 0.519. The molecule has 2 fully saturated rings. The topological polar surface area (TPSA) is 97.9 Å². The first-order chi connectivity index (χ1) is 18.2. The summed E-state index contributed by atoms with van der Waals surface area (Å²) in [7, 11) is 2.24. The van der Waals surface area contributed by atoms with E-state index in [9.17, 15) is 13.2 Å². The summed E-state index contributed by atoms with van der Waals surface area (Å²) >= 11 is 0. The zero-order valence-electron chi connectivity index (χ0n) is 21.3. The lowest BCUT2D eigenvalue weighted by molar-refractivity contribution is -0.274. The zero-order chi connectivity index (χ0) is 26.4. The highest BCUT2D eigenvalue weighted by Gasteiger charge is 2.35. The molecular weight excluding hydrogens is 495 g/mol. The lowest BCUT2D eigenvalue weighted by Gasteiger charge is -2.42. The summed E-state index contributed by atoms with van der Waals surface area (Å²) in [5.41, 5.74) is 8.15. The Morgan fingerprint density at radius 1 is 1.13 bits per heavy atom. The van der Waals surface area contributed by atoms with Crippen LogP contribution in [0.1, 0.15) is 50.4 Å². The molecule has 0 radical (unpaired) electrons. The Morgan fingerprint density at radius 3 is 2.79 bits per heavy atom. The maximum Gasteiger partial charge on any atom is 0.573 e. The molecular formula is C27H32F3N7O. The van der Waals surface area contributed by atoms with E-state index in [1.165, 1.54) is 31.4 Å². The summed E-state index contributed by atoms with van der Waals surface area (Å²) in [5.74, 6) is 2.42. The van der Waals surface area contributed by atoms with E-state index in [4.69, 9.17) is 5.73 Å². The third kappa shape index (κ3) is 5.16. The molecule has 2 aliphatic carbocycles. The lowest BCUT2D eigenvalue weighted by atomic mass is 9.76. The molecule has 0 amide bonds. The van der Waals surface area contributed by atoms with Gasteiger partial charge in [-0.3, -0.25) is 0 Å². The Morgan fingerprint density at radius 2 is 1.97 bits per heavy atom. The number of nitrogens with one attached hydrogen (secondary N) is 1. The Hall–Kier alpha value is -3.34. The summed E-state index contributed by atoms with van der Waals surface area (Å²) in [4.78, 5) is 18.8. The molecule has 4 aromatic rings. The van der Waals surface area contributed by atoms with Crippen molar-refractivity contribution < 1.29 is 17.9 Å². The van der Waals surface area contributed by atoms with Crippen LogP contribution in [-0.2, 0) is 6.42 Å². The summed E-state index contributed by atoms with van der Waals surface area (Å²) in [6.07, 6.45) is 6.61. The van der Waals surface area contributed by atoms with Crippen LogP contribution in [0.5, 0.6) is 5.75 Å².